The van der Waals surface area contributed by atoms with Gasteiger partial charge in [-0.1, -0.05) is 47.6 Å². The molecule has 0 aliphatic carbocycles. The van der Waals surface area contributed by atoms with Crippen LogP contribution in [0.25, 0.3) is 0 Å². The average Bonchev–Trinajstić information content (AvgIpc) is 2.12. The molecule has 0 nitrogen and oxygen atoms in total. The quantitative estimate of drug-likeness (QED) is 0.554. The highest BCUT2D eigenvalue weighted by molar-refractivity contribution is 4.83. The maximum Gasteiger partial charge on any atom is -0.0236 e. The minimum atomic E-state index is 0.635. The molecule has 0 heteroatoms. The summed E-state index contributed by atoms with van der Waals surface area (Å²) in [5, 5.41) is 0. The summed E-state index contributed by atoms with van der Waals surface area (Å²) >= 11 is 0. The van der Waals surface area contributed by atoms with Crippen LogP contribution in [0.15, 0.2) is 12.7 Å². The van der Waals surface area contributed by atoms with Gasteiger partial charge >= 0.3 is 0 Å². The van der Waals surface area contributed by atoms with Gasteiger partial charge in [-0.25, -0.2) is 0 Å². The lowest BCUT2D eigenvalue weighted by Crippen LogP contribution is -2.24. The Hall–Kier alpha value is -0.260. The smallest absolute Gasteiger partial charge is 0.0236 e. The molecule has 0 aliphatic rings. The van der Waals surface area contributed by atoms with Crippen LogP contribution in [-0.2, 0) is 0 Å². The molecule has 4 atom stereocenters. The van der Waals surface area contributed by atoms with E-state index in [9.17, 15) is 0 Å². The Morgan fingerprint density at radius 2 is 1.23 bits per heavy atom. The molecule has 0 saturated heterocycles. The van der Waals surface area contributed by atoms with Gasteiger partial charge in [0, 0.05) is 0 Å². The van der Waals surface area contributed by atoms with Crippen molar-refractivity contribution in [3.05, 3.63) is 12.7 Å². The minimum Gasteiger partial charge on any atom is -0.103 e. The van der Waals surface area contributed by atoms with Crippen molar-refractivity contribution in [3.8, 4) is 0 Å². The molecule has 0 rings (SSSR count). The Kier molecular flexibility index (Phi) is 5.36. The average molecular weight is 182 g/mol. The van der Waals surface area contributed by atoms with E-state index < -0.39 is 0 Å². The highest BCUT2D eigenvalue weighted by Crippen LogP contribution is 2.31. The zero-order valence-electron chi connectivity index (χ0n) is 10.2. The normalized spacial score (nSPS) is 20.8. The Labute approximate surface area is 84.4 Å². The lowest BCUT2D eigenvalue weighted by atomic mass is 9.74. The zero-order chi connectivity index (χ0) is 10.6. The van der Waals surface area contributed by atoms with E-state index in [0.717, 1.165) is 23.7 Å². The Morgan fingerprint density at radius 3 is 1.54 bits per heavy atom. The van der Waals surface area contributed by atoms with E-state index in [1.807, 2.05) is 0 Å². The predicted molar refractivity (Wildman–Crippen MR) is 61.7 cm³/mol. The van der Waals surface area contributed by atoms with Crippen LogP contribution in [0.1, 0.15) is 41.5 Å². The summed E-state index contributed by atoms with van der Waals surface area (Å²) in [5.41, 5.74) is 0. The Balaban J connectivity index is 4.23. The van der Waals surface area contributed by atoms with Crippen molar-refractivity contribution >= 4 is 0 Å². The first-order valence-corrected chi connectivity index (χ1v) is 5.54. The number of hydrogen-bond donors (Lipinski definition) is 0. The summed E-state index contributed by atoms with van der Waals surface area (Å²) in [7, 11) is 0. The van der Waals surface area contributed by atoms with E-state index in [-0.39, 0.29) is 0 Å². The molecule has 0 N–H and O–H groups in total. The van der Waals surface area contributed by atoms with Crippen LogP contribution in [0.5, 0.6) is 0 Å². The van der Waals surface area contributed by atoms with Crippen molar-refractivity contribution in [2.45, 2.75) is 41.5 Å². The number of allylic oxidation sites excluding steroid dienone is 1. The third-order valence-electron chi connectivity index (χ3n) is 3.91. The molecule has 0 radical (unpaired) electrons. The predicted octanol–water partition coefficient (Wildman–Crippen LogP) is 4.37. The second-order valence-corrected chi connectivity index (χ2v) is 4.92. The largest absolute Gasteiger partial charge is 0.103 e. The fourth-order valence-corrected chi connectivity index (χ4v) is 1.78. The third-order valence-corrected chi connectivity index (χ3v) is 3.91. The third kappa shape index (κ3) is 3.54. The van der Waals surface area contributed by atoms with Gasteiger partial charge in [-0.05, 0) is 29.6 Å². The molecule has 13 heavy (non-hydrogen) atoms. The molecule has 0 aromatic heterocycles. The van der Waals surface area contributed by atoms with Crippen LogP contribution in [0.3, 0.4) is 0 Å². The standard InChI is InChI=1S/C13H26/c1-8-10(4)12(6)13(7)11(5)9(2)3/h8-13H,1H2,2-7H3. The Morgan fingerprint density at radius 1 is 0.769 bits per heavy atom. The van der Waals surface area contributed by atoms with Crippen LogP contribution in [0.4, 0.5) is 0 Å². The first kappa shape index (κ1) is 12.7. The molecule has 0 heterocycles. The summed E-state index contributed by atoms with van der Waals surface area (Å²) in [6, 6.07) is 0. The molecule has 4 unspecified atom stereocenters. The van der Waals surface area contributed by atoms with Crippen LogP contribution < -0.4 is 0 Å². The first-order chi connectivity index (χ1) is 5.91. The van der Waals surface area contributed by atoms with Crippen LogP contribution in [-0.4, -0.2) is 0 Å². The summed E-state index contributed by atoms with van der Waals surface area (Å²) in [4.78, 5) is 0. The van der Waals surface area contributed by atoms with Crippen molar-refractivity contribution < 1.29 is 0 Å². The molecule has 0 aromatic rings. The lowest BCUT2D eigenvalue weighted by Gasteiger charge is -2.31. The van der Waals surface area contributed by atoms with Crippen LogP contribution >= 0.6 is 0 Å². The molecular weight excluding hydrogens is 156 g/mol. The fourth-order valence-electron chi connectivity index (χ4n) is 1.78. The van der Waals surface area contributed by atoms with Gasteiger partial charge in [0.05, 0.1) is 0 Å². The maximum absolute atomic E-state index is 3.87. The molecular formula is C13H26. The van der Waals surface area contributed by atoms with Gasteiger partial charge in [0.15, 0.2) is 0 Å². The van der Waals surface area contributed by atoms with Gasteiger partial charge in [-0.2, -0.15) is 0 Å². The molecule has 0 saturated carbocycles. The highest BCUT2D eigenvalue weighted by atomic mass is 14.3. The number of hydrogen-bond acceptors (Lipinski definition) is 0. The SMILES string of the molecule is C=CC(C)C(C)C(C)C(C)C(C)C. The zero-order valence-corrected chi connectivity index (χ0v) is 10.2. The topological polar surface area (TPSA) is 0 Å². The van der Waals surface area contributed by atoms with E-state index in [1.54, 1.807) is 0 Å². The fraction of sp³-hybridized carbons (Fsp3) is 0.846. The van der Waals surface area contributed by atoms with E-state index in [0.29, 0.717) is 5.92 Å². The minimum absolute atomic E-state index is 0.635. The summed E-state index contributed by atoms with van der Waals surface area (Å²) < 4.78 is 0. The van der Waals surface area contributed by atoms with E-state index in [2.05, 4.69) is 54.2 Å². The van der Waals surface area contributed by atoms with Gasteiger partial charge < -0.3 is 0 Å². The number of rotatable bonds is 5. The van der Waals surface area contributed by atoms with E-state index >= 15 is 0 Å². The molecule has 0 amide bonds. The van der Waals surface area contributed by atoms with Crippen molar-refractivity contribution in [1.82, 2.24) is 0 Å². The van der Waals surface area contributed by atoms with Crippen LogP contribution in [0.2, 0.25) is 0 Å². The van der Waals surface area contributed by atoms with Crippen LogP contribution in [0, 0.1) is 29.6 Å². The van der Waals surface area contributed by atoms with Gasteiger partial charge in [-0.15, -0.1) is 6.58 Å². The van der Waals surface area contributed by atoms with Crippen molar-refractivity contribution in [2.75, 3.05) is 0 Å². The van der Waals surface area contributed by atoms with Crippen molar-refractivity contribution in [2.24, 2.45) is 29.6 Å². The van der Waals surface area contributed by atoms with Crippen molar-refractivity contribution in [3.63, 3.8) is 0 Å². The summed E-state index contributed by atoms with van der Waals surface area (Å²) in [5.74, 6) is 3.76. The highest BCUT2D eigenvalue weighted by Gasteiger charge is 2.23. The molecule has 0 aliphatic heterocycles. The molecule has 0 aromatic carbocycles. The van der Waals surface area contributed by atoms with Gasteiger partial charge in [0.25, 0.3) is 0 Å². The molecule has 0 bridgehead atoms. The van der Waals surface area contributed by atoms with E-state index in [1.165, 1.54) is 0 Å². The second-order valence-electron chi connectivity index (χ2n) is 4.92. The summed E-state index contributed by atoms with van der Waals surface area (Å²) in [6.07, 6.45) is 2.08. The maximum atomic E-state index is 3.87. The molecule has 0 spiro atoms. The Bertz CT molecular complexity index is 146. The molecule has 0 fully saturated rings. The summed E-state index contributed by atoms with van der Waals surface area (Å²) in [6.45, 7) is 17.8. The first-order valence-electron chi connectivity index (χ1n) is 5.54. The monoisotopic (exact) mass is 182 g/mol. The van der Waals surface area contributed by atoms with E-state index in [4.69, 9.17) is 0 Å². The van der Waals surface area contributed by atoms with Crippen molar-refractivity contribution in [1.29, 1.82) is 0 Å². The van der Waals surface area contributed by atoms with Gasteiger partial charge in [0.2, 0.25) is 0 Å². The molecule has 78 valence electrons. The van der Waals surface area contributed by atoms with Gasteiger partial charge in [0.1, 0.15) is 0 Å². The van der Waals surface area contributed by atoms with Gasteiger partial charge in [-0.3, -0.25) is 0 Å². The lowest BCUT2D eigenvalue weighted by molar-refractivity contribution is 0.194. The second kappa shape index (κ2) is 5.47.